The molecule has 1 saturated heterocycles. The third-order valence-corrected chi connectivity index (χ3v) is 4.89. The normalized spacial score (nSPS) is 28.2. The summed E-state index contributed by atoms with van der Waals surface area (Å²) in [6.45, 7) is 4.97. The largest absolute Gasteiger partial charge is 0.394 e. The highest BCUT2D eigenvalue weighted by Crippen LogP contribution is 2.43. The molecule has 1 aliphatic heterocycles. The number of aromatic amines is 1. The Morgan fingerprint density at radius 2 is 2.04 bits per heavy atom. The molecule has 0 bridgehead atoms. The molecule has 2 aromatic rings. The Morgan fingerprint density at radius 3 is 2.65 bits per heavy atom. The van der Waals surface area contributed by atoms with Crippen molar-refractivity contribution >= 4 is 0 Å². The third kappa shape index (κ3) is 2.94. The second kappa shape index (κ2) is 7.03. The van der Waals surface area contributed by atoms with Crippen molar-refractivity contribution in [1.29, 1.82) is 0 Å². The van der Waals surface area contributed by atoms with Crippen molar-refractivity contribution in [1.82, 2.24) is 9.55 Å². The minimum Gasteiger partial charge on any atom is -0.394 e. The lowest BCUT2D eigenvalue weighted by atomic mass is 9.86. The number of rotatable bonds is 5. The number of nitrogens with zero attached hydrogens (tertiary/aromatic N) is 1. The number of nitrogens with one attached hydrogen (secondary N) is 1. The molecule has 1 aromatic heterocycles. The van der Waals surface area contributed by atoms with Crippen LogP contribution >= 0.6 is 0 Å². The number of aliphatic hydroxyl groups excluding tert-OH is 2. The standard InChI is InChI=1S/C19H22N2O5/c1-3-14-16(23)15(11-22)26-19(14,9-13-7-5-4-6-8-13)21-10-12(2)17(24)20-18(21)25/h3-8,10,14-16,22-23H,1,9,11H2,2H3,(H,20,24,25)/t14?,15-,16+,19-/m1/s1. The minimum absolute atomic E-state index is 0.253. The highest BCUT2D eigenvalue weighted by Gasteiger charge is 2.54. The topological polar surface area (TPSA) is 105 Å². The van der Waals surface area contributed by atoms with Crippen LogP contribution in [-0.2, 0) is 16.9 Å². The fourth-order valence-electron chi connectivity index (χ4n) is 3.58. The molecular weight excluding hydrogens is 336 g/mol. The van der Waals surface area contributed by atoms with Crippen LogP contribution < -0.4 is 11.2 Å². The van der Waals surface area contributed by atoms with Gasteiger partial charge >= 0.3 is 5.69 Å². The quantitative estimate of drug-likeness (QED) is 0.667. The van der Waals surface area contributed by atoms with Crippen LogP contribution in [0.5, 0.6) is 0 Å². The number of ether oxygens (including phenoxy) is 1. The Kier molecular flexibility index (Phi) is 4.95. The maximum Gasteiger partial charge on any atom is 0.330 e. The number of H-pyrrole nitrogens is 1. The molecule has 2 heterocycles. The summed E-state index contributed by atoms with van der Waals surface area (Å²) in [5, 5.41) is 20.2. The van der Waals surface area contributed by atoms with Gasteiger partial charge in [-0.15, -0.1) is 6.58 Å². The van der Waals surface area contributed by atoms with Crippen LogP contribution in [0.1, 0.15) is 11.1 Å². The van der Waals surface area contributed by atoms with Crippen LogP contribution in [0.4, 0.5) is 0 Å². The van der Waals surface area contributed by atoms with Gasteiger partial charge in [-0.1, -0.05) is 36.4 Å². The van der Waals surface area contributed by atoms with Crippen molar-refractivity contribution < 1.29 is 14.9 Å². The summed E-state index contributed by atoms with van der Waals surface area (Å²) in [5.41, 5.74) is -1.23. The molecule has 0 aliphatic carbocycles. The zero-order valence-electron chi connectivity index (χ0n) is 14.5. The number of aryl methyl sites for hydroxylation is 1. The van der Waals surface area contributed by atoms with Crippen molar-refractivity contribution in [2.24, 2.45) is 5.92 Å². The van der Waals surface area contributed by atoms with Crippen molar-refractivity contribution in [3.8, 4) is 0 Å². The number of aromatic nitrogens is 2. The van der Waals surface area contributed by atoms with E-state index >= 15 is 0 Å². The molecule has 1 aromatic carbocycles. The fourth-order valence-corrected chi connectivity index (χ4v) is 3.58. The molecule has 3 rings (SSSR count). The maximum absolute atomic E-state index is 12.6. The van der Waals surface area contributed by atoms with Crippen LogP contribution in [-0.4, -0.2) is 38.6 Å². The second-order valence-electron chi connectivity index (χ2n) is 6.54. The van der Waals surface area contributed by atoms with Crippen molar-refractivity contribution in [2.75, 3.05) is 6.61 Å². The van der Waals surface area contributed by atoms with Gasteiger partial charge in [-0.3, -0.25) is 14.3 Å². The Labute approximate surface area is 150 Å². The predicted octanol–water partition coefficient (Wildman–Crippen LogP) is 0.295. The molecule has 4 atom stereocenters. The van der Waals surface area contributed by atoms with Crippen LogP contribution in [0, 0.1) is 12.8 Å². The average molecular weight is 358 g/mol. The fraction of sp³-hybridized carbons (Fsp3) is 0.368. The van der Waals surface area contributed by atoms with Gasteiger partial charge in [0.25, 0.3) is 5.56 Å². The van der Waals surface area contributed by atoms with Crippen LogP contribution in [0.15, 0.2) is 58.8 Å². The molecule has 7 nitrogen and oxygen atoms in total. The first kappa shape index (κ1) is 18.3. The number of benzene rings is 1. The molecular formula is C19H22N2O5. The number of hydrogen-bond acceptors (Lipinski definition) is 5. The highest BCUT2D eigenvalue weighted by molar-refractivity contribution is 5.20. The van der Waals surface area contributed by atoms with Gasteiger partial charge in [0.2, 0.25) is 0 Å². The molecule has 0 amide bonds. The van der Waals surface area contributed by atoms with E-state index in [0.717, 1.165) is 5.56 Å². The summed E-state index contributed by atoms with van der Waals surface area (Å²) in [7, 11) is 0. The summed E-state index contributed by atoms with van der Waals surface area (Å²) >= 11 is 0. The smallest absolute Gasteiger partial charge is 0.330 e. The van der Waals surface area contributed by atoms with Gasteiger partial charge in [-0.2, -0.15) is 0 Å². The summed E-state index contributed by atoms with van der Waals surface area (Å²) < 4.78 is 7.34. The summed E-state index contributed by atoms with van der Waals surface area (Å²) in [5.74, 6) is -0.664. The molecule has 1 unspecified atom stereocenters. The van der Waals surface area contributed by atoms with Gasteiger partial charge in [0.15, 0.2) is 5.72 Å². The van der Waals surface area contributed by atoms with E-state index in [0.29, 0.717) is 5.56 Å². The SMILES string of the molecule is C=CC1[C@H](O)[C@@H](CO)O[C@@]1(Cc1ccccc1)n1cc(C)c(=O)[nH]c1=O. The van der Waals surface area contributed by atoms with Gasteiger partial charge in [-0.25, -0.2) is 4.79 Å². The summed E-state index contributed by atoms with van der Waals surface area (Å²) in [6, 6.07) is 9.36. The molecule has 138 valence electrons. The van der Waals surface area contributed by atoms with Crippen LogP contribution in [0.3, 0.4) is 0 Å². The van der Waals surface area contributed by atoms with E-state index in [2.05, 4.69) is 11.6 Å². The van der Waals surface area contributed by atoms with Gasteiger partial charge in [0.1, 0.15) is 6.10 Å². The molecule has 3 N–H and O–H groups in total. The number of aliphatic hydroxyl groups is 2. The van der Waals surface area contributed by atoms with E-state index in [1.54, 1.807) is 6.92 Å². The van der Waals surface area contributed by atoms with Gasteiger partial charge < -0.3 is 14.9 Å². The zero-order valence-corrected chi connectivity index (χ0v) is 14.5. The van der Waals surface area contributed by atoms with E-state index in [4.69, 9.17) is 4.74 Å². The number of hydrogen-bond donors (Lipinski definition) is 3. The summed E-state index contributed by atoms with van der Waals surface area (Å²) in [4.78, 5) is 26.7. The third-order valence-electron chi connectivity index (χ3n) is 4.89. The Bertz CT molecular complexity index is 904. The molecule has 26 heavy (non-hydrogen) atoms. The lowest BCUT2D eigenvalue weighted by Gasteiger charge is -2.35. The monoisotopic (exact) mass is 358 g/mol. The first-order chi connectivity index (χ1) is 12.4. The average Bonchev–Trinajstić information content (AvgIpc) is 2.90. The van der Waals surface area contributed by atoms with E-state index < -0.39 is 41.7 Å². The van der Waals surface area contributed by atoms with E-state index in [1.165, 1.54) is 16.8 Å². The first-order valence-electron chi connectivity index (χ1n) is 8.39. The molecule has 0 radical (unpaired) electrons. The lowest BCUT2D eigenvalue weighted by molar-refractivity contribution is -0.127. The predicted molar refractivity (Wildman–Crippen MR) is 95.8 cm³/mol. The highest BCUT2D eigenvalue weighted by atomic mass is 16.6. The van der Waals surface area contributed by atoms with E-state index in [1.807, 2.05) is 30.3 Å². The van der Waals surface area contributed by atoms with Gasteiger partial charge in [0.05, 0.1) is 18.6 Å². The van der Waals surface area contributed by atoms with Crippen LogP contribution in [0.2, 0.25) is 0 Å². The van der Waals surface area contributed by atoms with E-state index in [9.17, 15) is 19.8 Å². The van der Waals surface area contributed by atoms with Crippen molar-refractivity contribution in [2.45, 2.75) is 31.3 Å². The lowest BCUT2D eigenvalue weighted by Crippen LogP contribution is -2.50. The molecule has 0 spiro atoms. The Balaban J connectivity index is 2.23. The van der Waals surface area contributed by atoms with E-state index in [-0.39, 0.29) is 6.42 Å². The first-order valence-corrected chi connectivity index (χ1v) is 8.39. The van der Waals surface area contributed by atoms with Gasteiger partial charge in [0, 0.05) is 18.2 Å². The Hall–Kier alpha value is -2.48. The zero-order chi connectivity index (χ0) is 18.9. The molecule has 0 saturated carbocycles. The molecule has 7 heteroatoms. The van der Waals surface area contributed by atoms with Gasteiger partial charge in [-0.05, 0) is 12.5 Å². The van der Waals surface area contributed by atoms with Crippen molar-refractivity contribution in [3.63, 3.8) is 0 Å². The summed E-state index contributed by atoms with van der Waals surface area (Å²) in [6.07, 6.45) is 1.29. The maximum atomic E-state index is 12.6. The Morgan fingerprint density at radius 1 is 1.35 bits per heavy atom. The van der Waals surface area contributed by atoms with Crippen molar-refractivity contribution in [3.05, 3.63) is 81.1 Å². The second-order valence-corrected chi connectivity index (χ2v) is 6.54. The molecule has 1 aliphatic rings. The minimum atomic E-state index is -1.32. The van der Waals surface area contributed by atoms with Crippen LogP contribution in [0.25, 0.3) is 0 Å². The molecule has 1 fully saturated rings.